The molecule has 0 unspecified atom stereocenters. The molecule has 1 spiro atoms. The van der Waals surface area contributed by atoms with Gasteiger partial charge in [0, 0.05) is 29.1 Å². The van der Waals surface area contributed by atoms with Crippen LogP contribution < -0.4 is 4.74 Å². The van der Waals surface area contributed by atoms with Crippen LogP contribution in [-0.4, -0.2) is 37.3 Å². The lowest BCUT2D eigenvalue weighted by atomic mass is 9.52. The van der Waals surface area contributed by atoms with Crippen LogP contribution in [0.15, 0.2) is 53.7 Å². The number of ether oxygens (including phenoxy) is 2. The number of methoxy groups -OCH3 is 2. The summed E-state index contributed by atoms with van der Waals surface area (Å²) in [7, 11) is 3.02. The van der Waals surface area contributed by atoms with Gasteiger partial charge in [-0.1, -0.05) is 49.2 Å². The Morgan fingerprint density at radius 3 is 2.58 bits per heavy atom. The third-order valence-electron chi connectivity index (χ3n) is 9.60. The van der Waals surface area contributed by atoms with Crippen LogP contribution in [-0.2, 0) is 24.6 Å². The Morgan fingerprint density at radius 2 is 1.85 bits per heavy atom. The number of ketones is 1. The number of allylic oxidation sites excluding steroid dienone is 3. The Balaban J connectivity index is 1.56. The van der Waals surface area contributed by atoms with E-state index in [-0.39, 0.29) is 34.2 Å². The van der Waals surface area contributed by atoms with Crippen LogP contribution >= 0.6 is 0 Å². The summed E-state index contributed by atoms with van der Waals surface area (Å²) in [6.45, 7) is 2.37. The molecular formula is C27H29NO5. The number of hydrogen-bond acceptors (Lipinski definition) is 6. The predicted octanol–water partition coefficient (Wildman–Crippen LogP) is 4.14. The average molecular weight is 448 g/mol. The van der Waals surface area contributed by atoms with E-state index in [0.29, 0.717) is 6.42 Å². The third kappa shape index (κ3) is 2.22. The SMILES string of the molecule is COC(=O)C1=NO[C@]2(C=CC(=O)[C@@H]3[C@H]2[C@@]24C=C[C@]3(c3ccc(OC)cc3)[C@@]2(C)CCCC4)C1. The molecule has 0 aromatic heterocycles. The molecule has 0 radical (unpaired) electrons. The molecule has 2 saturated carbocycles. The highest BCUT2D eigenvalue weighted by Gasteiger charge is 2.81. The van der Waals surface area contributed by atoms with Gasteiger partial charge in [-0.3, -0.25) is 4.79 Å². The Bertz CT molecular complexity index is 1140. The van der Waals surface area contributed by atoms with Crippen molar-refractivity contribution >= 4 is 17.5 Å². The van der Waals surface area contributed by atoms with E-state index < -0.39 is 17.0 Å². The van der Waals surface area contributed by atoms with Crippen molar-refractivity contribution in [2.45, 2.75) is 50.0 Å². The van der Waals surface area contributed by atoms with E-state index in [4.69, 9.17) is 14.3 Å². The van der Waals surface area contributed by atoms with Crippen molar-refractivity contribution in [3.8, 4) is 5.75 Å². The van der Waals surface area contributed by atoms with Gasteiger partial charge in [-0.25, -0.2) is 4.79 Å². The summed E-state index contributed by atoms with van der Waals surface area (Å²) in [6.07, 6.45) is 12.9. The zero-order valence-electron chi connectivity index (χ0n) is 19.3. The average Bonchev–Trinajstić information content (AvgIpc) is 3.45. The molecule has 0 N–H and O–H groups in total. The lowest BCUT2D eigenvalue weighted by molar-refractivity contribution is -0.133. The molecule has 1 aromatic carbocycles. The molecule has 6 heteroatoms. The first-order valence-electron chi connectivity index (χ1n) is 11.8. The molecule has 6 atom stereocenters. The van der Waals surface area contributed by atoms with E-state index in [1.54, 1.807) is 13.2 Å². The number of nitrogens with zero attached hydrogens (tertiary/aromatic N) is 1. The number of hydrogen-bond donors (Lipinski definition) is 0. The van der Waals surface area contributed by atoms with E-state index >= 15 is 0 Å². The van der Waals surface area contributed by atoms with Crippen LogP contribution in [0, 0.1) is 22.7 Å². The number of oxime groups is 1. The highest BCUT2D eigenvalue weighted by molar-refractivity contribution is 6.37. The maximum Gasteiger partial charge on any atom is 0.356 e. The fourth-order valence-corrected chi connectivity index (χ4v) is 8.29. The summed E-state index contributed by atoms with van der Waals surface area (Å²) in [5.41, 5.74) is -0.194. The molecule has 6 rings (SSSR count). The fraction of sp³-hybridized carbons (Fsp3) is 0.519. The van der Waals surface area contributed by atoms with Gasteiger partial charge in [-0.2, -0.15) is 0 Å². The molecule has 1 aromatic rings. The number of carbonyl (C=O) groups is 2. The topological polar surface area (TPSA) is 74.2 Å². The Morgan fingerprint density at radius 1 is 1.09 bits per heavy atom. The fourth-order valence-electron chi connectivity index (χ4n) is 8.29. The van der Waals surface area contributed by atoms with Gasteiger partial charge in [0.1, 0.15) is 5.75 Å². The number of esters is 1. The van der Waals surface area contributed by atoms with Crippen LogP contribution in [0.2, 0.25) is 0 Å². The highest BCUT2D eigenvalue weighted by Crippen LogP contribution is 2.81. The zero-order valence-corrected chi connectivity index (χ0v) is 19.3. The maximum atomic E-state index is 13.7. The van der Waals surface area contributed by atoms with Crippen molar-refractivity contribution in [1.29, 1.82) is 0 Å². The minimum atomic E-state index is -0.820. The van der Waals surface area contributed by atoms with Crippen LogP contribution in [0.3, 0.4) is 0 Å². The lowest BCUT2D eigenvalue weighted by Crippen LogP contribution is -2.54. The first-order chi connectivity index (χ1) is 15.9. The second-order valence-electron chi connectivity index (χ2n) is 10.5. The Hall–Kier alpha value is -2.89. The van der Waals surface area contributed by atoms with E-state index in [2.05, 4.69) is 36.4 Å². The van der Waals surface area contributed by atoms with Gasteiger partial charge in [0.2, 0.25) is 0 Å². The third-order valence-corrected chi connectivity index (χ3v) is 9.60. The number of rotatable bonds is 3. The molecule has 2 bridgehead atoms. The number of carbonyl (C=O) groups excluding carboxylic acids is 2. The van der Waals surface area contributed by atoms with E-state index in [1.165, 1.54) is 7.11 Å². The molecule has 6 nitrogen and oxygen atoms in total. The molecule has 1 aliphatic heterocycles. The minimum absolute atomic E-state index is 0.106. The van der Waals surface area contributed by atoms with E-state index in [9.17, 15) is 9.59 Å². The van der Waals surface area contributed by atoms with Crippen molar-refractivity contribution in [1.82, 2.24) is 0 Å². The van der Waals surface area contributed by atoms with Gasteiger partial charge in [0.05, 0.1) is 14.2 Å². The first kappa shape index (κ1) is 20.7. The highest BCUT2D eigenvalue weighted by atomic mass is 16.7. The second kappa shape index (κ2) is 6.58. The predicted molar refractivity (Wildman–Crippen MR) is 122 cm³/mol. The van der Waals surface area contributed by atoms with Crippen molar-refractivity contribution in [3.05, 3.63) is 54.1 Å². The van der Waals surface area contributed by atoms with Gasteiger partial charge in [0.15, 0.2) is 17.1 Å². The first-order valence-corrected chi connectivity index (χ1v) is 11.8. The van der Waals surface area contributed by atoms with E-state index in [1.807, 2.05) is 18.2 Å². The maximum absolute atomic E-state index is 13.7. The second-order valence-corrected chi connectivity index (χ2v) is 10.5. The molecule has 0 saturated heterocycles. The summed E-state index contributed by atoms with van der Waals surface area (Å²) in [5, 5.41) is 4.17. The van der Waals surface area contributed by atoms with Crippen molar-refractivity contribution in [2.75, 3.05) is 14.2 Å². The lowest BCUT2D eigenvalue weighted by Gasteiger charge is -2.52. The summed E-state index contributed by atoms with van der Waals surface area (Å²) in [5.74, 6) is 0.0763. The monoisotopic (exact) mass is 447 g/mol. The summed E-state index contributed by atoms with van der Waals surface area (Å²) < 4.78 is 10.3. The van der Waals surface area contributed by atoms with Crippen molar-refractivity contribution in [3.63, 3.8) is 0 Å². The van der Waals surface area contributed by atoms with Crippen molar-refractivity contribution in [2.24, 2.45) is 27.8 Å². The minimum Gasteiger partial charge on any atom is -0.497 e. The summed E-state index contributed by atoms with van der Waals surface area (Å²) in [4.78, 5) is 32.2. The van der Waals surface area contributed by atoms with Gasteiger partial charge >= 0.3 is 5.97 Å². The standard InChI is InChI=1S/C27H29NO5/c1-24-11-4-5-12-25(24)14-15-27(24,17-6-8-18(31-2)9-7-17)21-20(29)10-13-26(22(21)25)16-19(28-33-26)23(30)32-3/h6-10,13-15,21-22H,4-5,11-12,16H2,1-3H3/t21-,22+,24+,25-,26-,27-/m1/s1. The molecule has 4 aliphatic carbocycles. The van der Waals surface area contributed by atoms with Gasteiger partial charge in [-0.15, -0.1) is 0 Å². The quantitative estimate of drug-likeness (QED) is 0.514. The van der Waals surface area contributed by atoms with Crippen molar-refractivity contribution < 1.29 is 23.9 Å². The van der Waals surface area contributed by atoms with E-state index in [0.717, 1.165) is 37.0 Å². The number of fused-ring (bicyclic) bond motifs is 3. The zero-order chi connectivity index (χ0) is 23.1. The molecule has 0 amide bonds. The summed E-state index contributed by atoms with van der Waals surface area (Å²) >= 11 is 0. The Kier molecular flexibility index (Phi) is 4.13. The molecule has 172 valence electrons. The molecular weight excluding hydrogens is 418 g/mol. The molecule has 33 heavy (non-hydrogen) atoms. The number of benzene rings is 1. The van der Waals surface area contributed by atoms with Gasteiger partial charge < -0.3 is 14.3 Å². The molecule has 1 heterocycles. The normalized spacial score (nSPS) is 42.0. The van der Waals surface area contributed by atoms with Crippen LogP contribution in [0.25, 0.3) is 0 Å². The molecule has 2 fully saturated rings. The van der Waals surface area contributed by atoms with Gasteiger partial charge in [0.25, 0.3) is 0 Å². The van der Waals surface area contributed by atoms with Gasteiger partial charge in [-0.05, 0) is 48.1 Å². The smallest absolute Gasteiger partial charge is 0.356 e. The van der Waals surface area contributed by atoms with Crippen LogP contribution in [0.5, 0.6) is 5.75 Å². The summed E-state index contributed by atoms with van der Waals surface area (Å²) in [6, 6.07) is 8.21. The molecule has 5 aliphatic rings. The Labute approximate surface area is 193 Å². The van der Waals surface area contributed by atoms with Crippen LogP contribution in [0.1, 0.15) is 44.6 Å². The largest absolute Gasteiger partial charge is 0.497 e. The van der Waals surface area contributed by atoms with Crippen LogP contribution in [0.4, 0.5) is 0 Å².